The number of carboxylic acid groups (broad SMARTS) is 1. The van der Waals surface area contributed by atoms with E-state index in [0.717, 1.165) is 37.0 Å². The van der Waals surface area contributed by atoms with Gasteiger partial charge in [-0.1, -0.05) is 19.3 Å². The van der Waals surface area contributed by atoms with Crippen molar-refractivity contribution in [2.75, 3.05) is 7.11 Å². The van der Waals surface area contributed by atoms with Crippen LogP contribution in [-0.2, 0) is 0 Å². The van der Waals surface area contributed by atoms with E-state index >= 15 is 0 Å². The summed E-state index contributed by atoms with van der Waals surface area (Å²) in [6, 6.07) is 3.29. The van der Waals surface area contributed by atoms with E-state index in [2.05, 4.69) is 0 Å². The minimum Gasteiger partial charge on any atom is -0.494 e. The molecule has 1 aliphatic rings. The zero-order valence-corrected chi connectivity index (χ0v) is 13.9. The molecule has 6 heteroatoms. The Morgan fingerprint density at radius 1 is 1.36 bits per heavy atom. The van der Waals surface area contributed by atoms with Crippen molar-refractivity contribution in [3.63, 3.8) is 0 Å². The van der Waals surface area contributed by atoms with Crippen LogP contribution >= 0.6 is 23.1 Å². The Balaban J connectivity index is 2.11. The highest BCUT2D eigenvalue weighted by Gasteiger charge is 2.26. The molecule has 1 saturated carbocycles. The molecule has 0 unspecified atom stereocenters. The van der Waals surface area contributed by atoms with Crippen molar-refractivity contribution in [3.8, 4) is 5.75 Å². The number of thiophene rings is 1. The van der Waals surface area contributed by atoms with E-state index in [1.165, 1.54) is 25.3 Å². The first kappa shape index (κ1) is 15.6. The summed E-state index contributed by atoms with van der Waals surface area (Å²) in [5.74, 6) is -1.28. The largest absolute Gasteiger partial charge is 0.494 e. The Morgan fingerprint density at radius 3 is 2.73 bits per heavy atom. The molecule has 1 N–H and O–H groups in total. The molecule has 0 spiro atoms. The van der Waals surface area contributed by atoms with E-state index in [-0.39, 0.29) is 10.6 Å². The SMILES string of the molecule is COc1ccc2sc(C(=O)O)c(SC3CCCCC3)c2c1F. The van der Waals surface area contributed by atoms with Gasteiger partial charge in [0, 0.05) is 20.2 Å². The molecule has 1 fully saturated rings. The second-order valence-corrected chi connectivity index (χ2v) is 7.76. The van der Waals surface area contributed by atoms with Gasteiger partial charge in [0.15, 0.2) is 11.6 Å². The van der Waals surface area contributed by atoms with Gasteiger partial charge < -0.3 is 9.84 Å². The number of carboxylic acids is 1. The number of aromatic carboxylic acids is 1. The highest BCUT2D eigenvalue weighted by Crippen LogP contribution is 2.45. The number of rotatable bonds is 4. The maximum atomic E-state index is 14.6. The Hall–Kier alpha value is -1.27. The molecule has 0 atom stereocenters. The predicted octanol–water partition coefficient (Wildman–Crippen LogP) is 5.17. The normalized spacial score (nSPS) is 16.1. The van der Waals surface area contributed by atoms with Crippen molar-refractivity contribution in [1.29, 1.82) is 0 Å². The Bertz CT molecular complexity index is 705. The minimum absolute atomic E-state index is 0.160. The quantitative estimate of drug-likeness (QED) is 0.834. The summed E-state index contributed by atoms with van der Waals surface area (Å²) in [5, 5.41) is 10.2. The predicted molar refractivity (Wildman–Crippen MR) is 88.0 cm³/mol. The van der Waals surface area contributed by atoms with Gasteiger partial charge in [0.1, 0.15) is 4.88 Å². The molecule has 118 valence electrons. The molecule has 1 aromatic heterocycles. The summed E-state index contributed by atoms with van der Waals surface area (Å²) in [4.78, 5) is 12.3. The van der Waals surface area contributed by atoms with Gasteiger partial charge in [-0.2, -0.15) is 0 Å². The van der Waals surface area contributed by atoms with Crippen molar-refractivity contribution in [2.45, 2.75) is 42.2 Å². The first-order valence-corrected chi connectivity index (χ1v) is 9.00. The maximum Gasteiger partial charge on any atom is 0.347 e. The van der Waals surface area contributed by atoms with Crippen LogP contribution in [-0.4, -0.2) is 23.4 Å². The third-order valence-electron chi connectivity index (χ3n) is 3.96. The van der Waals surface area contributed by atoms with E-state index in [9.17, 15) is 14.3 Å². The molecule has 0 amide bonds. The molecular formula is C16H17FO3S2. The molecule has 0 aliphatic heterocycles. The van der Waals surface area contributed by atoms with Crippen LogP contribution in [0.4, 0.5) is 4.39 Å². The fourth-order valence-corrected chi connectivity index (χ4v) is 5.55. The molecule has 0 radical (unpaired) electrons. The van der Waals surface area contributed by atoms with Crippen LogP contribution < -0.4 is 4.74 Å². The van der Waals surface area contributed by atoms with Crippen molar-refractivity contribution in [2.24, 2.45) is 0 Å². The van der Waals surface area contributed by atoms with Crippen LogP contribution in [0, 0.1) is 5.82 Å². The van der Waals surface area contributed by atoms with Gasteiger partial charge in [0.2, 0.25) is 0 Å². The molecule has 1 heterocycles. The summed E-state index contributed by atoms with van der Waals surface area (Å²) in [7, 11) is 1.42. The fourth-order valence-electron chi connectivity index (χ4n) is 2.87. The van der Waals surface area contributed by atoms with Crippen LogP contribution in [0.3, 0.4) is 0 Å². The van der Waals surface area contributed by atoms with E-state index in [1.807, 2.05) is 0 Å². The average Bonchev–Trinajstić information content (AvgIpc) is 2.88. The Morgan fingerprint density at radius 2 is 2.09 bits per heavy atom. The number of methoxy groups -OCH3 is 1. The van der Waals surface area contributed by atoms with Crippen LogP contribution in [0.2, 0.25) is 0 Å². The second kappa shape index (κ2) is 6.46. The Labute approximate surface area is 136 Å². The topological polar surface area (TPSA) is 46.5 Å². The fraction of sp³-hybridized carbons (Fsp3) is 0.438. The number of thioether (sulfide) groups is 1. The summed E-state index contributed by atoms with van der Waals surface area (Å²) in [6.45, 7) is 0. The lowest BCUT2D eigenvalue weighted by Crippen LogP contribution is -2.08. The zero-order chi connectivity index (χ0) is 15.7. The van der Waals surface area contributed by atoms with E-state index < -0.39 is 11.8 Å². The molecule has 0 bridgehead atoms. The molecule has 3 nitrogen and oxygen atoms in total. The summed E-state index contributed by atoms with van der Waals surface area (Å²) < 4.78 is 20.3. The van der Waals surface area contributed by atoms with Crippen LogP contribution in [0.15, 0.2) is 17.0 Å². The van der Waals surface area contributed by atoms with Gasteiger partial charge in [-0.15, -0.1) is 23.1 Å². The zero-order valence-electron chi connectivity index (χ0n) is 12.2. The molecule has 1 aromatic carbocycles. The third-order valence-corrected chi connectivity index (χ3v) is 6.69. The number of ether oxygens (including phenoxy) is 1. The van der Waals surface area contributed by atoms with Gasteiger partial charge in [-0.25, -0.2) is 9.18 Å². The van der Waals surface area contributed by atoms with Gasteiger partial charge in [-0.3, -0.25) is 0 Å². The van der Waals surface area contributed by atoms with E-state index in [1.54, 1.807) is 12.1 Å². The molecule has 2 aromatic rings. The van der Waals surface area contributed by atoms with Crippen molar-refractivity contribution >= 4 is 39.2 Å². The van der Waals surface area contributed by atoms with Gasteiger partial charge in [0.25, 0.3) is 0 Å². The lowest BCUT2D eigenvalue weighted by atomic mass is 10.0. The molecular weight excluding hydrogens is 323 g/mol. The van der Waals surface area contributed by atoms with Crippen molar-refractivity contribution in [1.82, 2.24) is 0 Å². The summed E-state index contributed by atoms with van der Waals surface area (Å²) >= 11 is 2.66. The van der Waals surface area contributed by atoms with Gasteiger partial charge >= 0.3 is 5.97 Å². The van der Waals surface area contributed by atoms with Crippen molar-refractivity contribution < 1.29 is 19.0 Å². The van der Waals surface area contributed by atoms with E-state index in [0.29, 0.717) is 20.2 Å². The molecule has 0 saturated heterocycles. The summed E-state index contributed by atoms with van der Waals surface area (Å²) in [6.07, 6.45) is 5.68. The standard InChI is InChI=1S/C16H17FO3S2/c1-20-10-7-8-11-12(13(10)17)14(15(22-11)16(18)19)21-9-5-3-2-4-6-9/h7-9H,2-6H2,1H3,(H,18,19). The number of benzene rings is 1. The summed E-state index contributed by atoms with van der Waals surface area (Å²) in [5.41, 5.74) is 0. The van der Waals surface area contributed by atoms with Crippen LogP contribution in [0.25, 0.3) is 10.1 Å². The second-order valence-electron chi connectivity index (χ2n) is 5.40. The third kappa shape index (κ3) is 2.82. The number of carbonyl (C=O) groups is 1. The molecule has 22 heavy (non-hydrogen) atoms. The monoisotopic (exact) mass is 340 g/mol. The maximum absolute atomic E-state index is 14.6. The number of hydrogen-bond acceptors (Lipinski definition) is 4. The Kier molecular flexibility index (Phi) is 4.59. The highest BCUT2D eigenvalue weighted by atomic mass is 32.2. The first-order chi connectivity index (χ1) is 10.6. The van der Waals surface area contributed by atoms with Crippen LogP contribution in [0.1, 0.15) is 41.8 Å². The average molecular weight is 340 g/mol. The highest BCUT2D eigenvalue weighted by molar-refractivity contribution is 8.00. The lowest BCUT2D eigenvalue weighted by molar-refractivity contribution is 0.0699. The smallest absolute Gasteiger partial charge is 0.347 e. The minimum atomic E-state index is -0.988. The van der Waals surface area contributed by atoms with Crippen LogP contribution in [0.5, 0.6) is 5.75 Å². The van der Waals surface area contributed by atoms with E-state index in [4.69, 9.17) is 4.74 Å². The number of halogens is 1. The first-order valence-electron chi connectivity index (χ1n) is 7.30. The van der Waals surface area contributed by atoms with Crippen molar-refractivity contribution in [3.05, 3.63) is 22.8 Å². The van der Waals surface area contributed by atoms with Gasteiger partial charge in [0.05, 0.1) is 7.11 Å². The number of fused-ring (bicyclic) bond motifs is 1. The molecule has 3 rings (SSSR count). The lowest BCUT2D eigenvalue weighted by Gasteiger charge is -2.21. The molecule has 1 aliphatic carbocycles. The van der Waals surface area contributed by atoms with Gasteiger partial charge in [-0.05, 0) is 25.0 Å². The number of hydrogen-bond donors (Lipinski definition) is 1.